The SMILES string of the molecule is Cc1ccc(N)cc1N1CC(C)CC1C. The molecule has 2 rings (SSSR count). The van der Waals surface area contributed by atoms with E-state index >= 15 is 0 Å². The molecule has 1 aliphatic rings. The lowest BCUT2D eigenvalue weighted by atomic mass is 10.1. The van der Waals surface area contributed by atoms with Crippen LogP contribution in [0.4, 0.5) is 11.4 Å². The first kappa shape index (κ1) is 10.3. The van der Waals surface area contributed by atoms with Gasteiger partial charge in [-0.15, -0.1) is 0 Å². The molecule has 1 fully saturated rings. The highest BCUT2D eigenvalue weighted by molar-refractivity contribution is 5.61. The number of hydrogen-bond acceptors (Lipinski definition) is 2. The number of rotatable bonds is 1. The van der Waals surface area contributed by atoms with Crippen LogP contribution in [0.25, 0.3) is 0 Å². The molecule has 1 saturated heterocycles. The van der Waals surface area contributed by atoms with E-state index in [1.54, 1.807) is 0 Å². The highest BCUT2D eigenvalue weighted by atomic mass is 15.2. The van der Waals surface area contributed by atoms with Gasteiger partial charge in [0.25, 0.3) is 0 Å². The molecule has 2 nitrogen and oxygen atoms in total. The maximum absolute atomic E-state index is 5.85. The summed E-state index contributed by atoms with van der Waals surface area (Å²) in [6, 6.07) is 6.83. The van der Waals surface area contributed by atoms with Crippen LogP contribution in [0.2, 0.25) is 0 Å². The first-order chi connectivity index (χ1) is 7.08. The van der Waals surface area contributed by atoms with Crippen LogP contribution in [0.1, 0.15) is 25.8 Å². The zero-order valence-corrected chi connectivity index (χ0v) is 9.83. The zero-order chi connectivity index (χ0) is 11.0. The second kappa shape index (κ2) is 3.76. The van der Waals surface area contributed by atoms with Crippen LogP contribution >= 0.6 is 0 Å². The molecule has 1 heterocycles. The molecule has 0 aliphatic carbocycles. The summed E-state index contributed by atoms with van der Waals surface area (Å²) in [4.78, 5) is 2.48. The van der Waals surface area contributed by atoms with Crippen LogP contribution in [0.5, 0.6) is 0 Å². The van der Waals surface area contributed by atoms with E-state index in [1.165, 1.54) is 17.7 Å². The van der Waals surface area contributed by atoms with Crippen LogP contribution in [0.3, 0.4) is 0 Å². The Morgan fingerprint density at radius 1 is 1.33 bits per heavy atom. The van der Waals surface area contributed by atoms with Gasteiger partial charge in [-0.1, -0.05) is 13.0 Å². The molecule has 0 spiro atoms. The Bertz CT molecular complexity index is 360. The van der Waals surface area contributed by atoms with Gasteiger partial charge in [0.15, 0.2) is 0 Å². The third-order valence-electron chi connectivity index (χ3n) is 3.33. The summed E-state index contributed by atoms with van der Waals surface area (Å²) in [7, 11) is 0. The van der Waals surface area contributed by atoms with E-state index in [1.807, 2.05) is 6.07 Å². The average Bonchev–Trinajstić information content (AvgIpc) is 2.50. The van der Waals surface area contributed by atoms with Crippen molar-refractivity contribution in [1.29, 1.82) is 0 Å². The normalized spacial score (nSPS) is 25.9. The van der Waals surface area contributed by atoms with Crippen LogP contribution in [0, 0.1) is 12.8 Å². The van der Waals surface area contributed by atoms with Gasteiger partial charge in [-0.2, -0.15) is 0 Å². The molecule has 2 atom stereocenters. The van der Waals surface area contributed by atoms with Crippen molar-refractivity contribution in [1.82, 2.24) is 0 Å². The quantitative estimate of drug-likeness (QED) is 0.713. The number of nitrogens with zero attached hydrogens (tertiary/aromatic N) is 1. The molecule has 2 N–H and O–H groups in total. The van der Waals surface area contributed by atoms with Gasteiger partial charge in [-0.3, -0.25) is 0 Å². The number of hydrogen-bond donors (Lipinski definition) is 1. The van der Waals surface area contributed by atoms with Crippen LogP contribution in [-0.2, 0) is 0 Å². The molecule has 1 aromatic rings. The fraction of sp³-hybridized carbons (Fsp3) is 0.538. The van der Waals surface area contributed by atoms with Crippen LogP contribution < -0.4 is 10.6 Å². The summed E-state index contributed by atoms with van der Waals surface area (Å²) < 4.78 is 0. The smallest absolute Gasteiger partial charge is 0.0419 e. The summed E-state index contributed by atoms with van der Waals surface area (Å²) in [5, 5.41) is 0. The molecule has 0 aromatic heterocycles. The topological polar surface area (TPSA) is 29.3 Å². The van der Waals surface area contributed by atoms with Gasteiger partial charge in [0.1, 0.15) is 0 Å². The van der Waals surface area contributed by atoms with Crippen molar-refractivity contribution in [2.24, 2.45) is 5.92 Å². The fourth-order valence-electron chi connectivity index (χ4n) is 2.57. The lowest BCUT2D eigenvalue weighted by molar-refractivity contribution is 0.625. The summed E-state index contributed by atoms with van der Waals surface area (Å²) >= 11 is 0. The summed E-state index contributed by atoms with van der Waals surface area (Å²) in [6.45, 7) is 7.93. The summed E-state index contributed by atoms with van der Waals surface area (Å²) in [5.41, 5.74) is 9.35. The third-order valence-corrected chi connectivity index (χ3v) is 3.33. The Kier molecular flexibility index (Phi) is 2.59. The molecule has 82 valence electrons. The monoisotopic (exact) mass is 204 g/mol. The van der Waals surface area contributed by atoms with Gasteiger partial charge in [0.2, 0.25) is 0 Å². The molecule has 0 amide bonds. The predicted octanol–water partition coefficient (Wildman–Crippen LogP) is 2.81. The highest BCUT2D eigenvalue weighted by Crippen LogP contribution is 2.32. The molecule has 15 heavy (non-hydrogen) atoms. The van der Waals surface area contributed by atoms with Crippen molar-refractivity contribution in [2.75, 3.05) is 17.2 Å². The van der Waals surface area contributed by atoms with Crippen molar-refractivity contribution >= 4 is 11.4 Å². The van der Waals surface area contributed by atoms with Crippen molar-refractivity contribution in [2.45, 2.75) is 33.2 Å². The lowest BCUT2D eigenvalue weighted by Crippen LogP contribution is -2.27. The predicted molar refractivity (Wildman–Crippen MR) is 66.2 cm³/mol. The fourth-order valence-corrected chi connectivity index (χ4v) is 2.57. The third kappa shape index (κ3) is 1.94. The van der Waals surface area contributed by atoms with Gasteiger partial charge in [0, 0.05) is 24.0 Å². The minimum atomic E-state index is 0.639. The highest BCUT2D eigenvalue weighted by Gasteiger charge is 2.26. The molecule has 0 saturated carbocycles. The molecular formula is C13H20N2. The van der Waals surface area contributed by atoms with Crippen molar-refractivity contribution in [3.63, 3.8) is 0 Å². The van der Waals surface area contributed by atoms with Crippen molar-refractivity contribution in [3.05, 3.63) is 23.8 Å². The van der Waals surface area contributed by atoms with E-state index in [2.05, 4.69) is 37.8 Å². The molecule has 2 unspecified atom stereocenters. The number of benzene rings is 1. The standard InChI is InChI=1S/C13H20N2/c1-9-6-11(3)15(8-9)13-7-12(14)5-4-10(13)2/h4-5,7,9,11H,6,8,14H2,1-3H3. The van der Waals surface area contributed by atoms with E-state index in [0.717, 1.165) is 18.2 Å². The first-order valence-electron chi connectivity index (χ1n) is 5.70. The van der Waals surface area contributed by atoms with E-state index in [0.29, 0.717) is 6.04 Å². The van der Waals surface area contributed by atoms with Crippen LogP contribution in [-0.4, -0.2) is 12.6 Å². The number of aryl methyl sites for hydroxylation is 1. The minimum Gasteiger partial charge on any atom is -0.399 e. The Morgan fingerprint density at radius 2 is 2.07 bits per heavy atom. The number of nitrogens with two attached hydrogens (primary N) is 1. The maximum Gasteiger partial charge on any atom is 0.0419 e. The van der Waals surface area contributed by atoms with Gasteiger partial charge < -0.3 is 10.6 Å². The molecule has 0 radical (unpaired) electrons. The Morgan fingerprint density at radius 3 is 2.67 bits per heavy atom. The minimum absolute atomic E-state index is 0.639. The Hall–Kier alpha value is -1.18. The second-order valence-corrected chi connectivity index (χ2v) is 4.89. The van der Waals surface area contributed by atoms with Crippen LogP contribution in [0.15, 0.2) is 18.2 Å². The van der Waals surface area contributed by atoms with Crippen molar-refractivity contribution < 1.29 is 0 Å². The molecule has 1 aromatic carbocycles. The summed E-state index contributed by atoms with van der Waals surface area (Å²) in [5.74, 6) is 0.792. The molecular weight excluding hydrogens is 184 g/mol. The van der Waals surface area contributed by atoms with E-state index in [9.17, 15) is 0 Å². The molecule has 2 heteroatoms. The number of anilines is 2. The maximum atomic E-state index is 5.85. The zero-order valence-electron chi connectivity index (χ0n) is 9.83. The second-order valence-electron chi connectivity index (χ2n) is 4.89. The lowest BCUT2D eigenvalue weighted by Gasteiger charge is -2.26. The average molecular weight is 204 g/mol. The van der Waals surface area contributed by atoms with E-state index in [-0.39, 0.29) is 0 Å². The van der Waals surface area contributed by atoms with Gasteiger partial charge in [0.05, 0.1) is 0 Å². The first-order valence-corrected chi connectivity index (χ1v) is 5.70. The largest absolute Gasteiger partial charge is 0.399 e. The molecule has 1 aliphatic heterocycles. The summed E-state index contributed by atoms with van der Waals surface area (Å²) in [6.07, 6.45) is 1.29. The van der Waals surface area contributed by atoms with E-state index in [4.69, 9.17) is 5.73 Å². The molecule has 0 bridgehead atoms. The van der Waals surface area contributed by atoms with Gasteiger partial charge >= 0.3 is 0 Å². The van der Waals surface area contributed by atoms with Gasteiger partial charge in [-0.05, 0) is 43.9 Å². The van der Waals surface area contributed by atoms with Crippen molar-refractivity contribution in [3.8, 4) is 0 Å². The Labute approximate surface area is 92.1 Å². The number of nitrogen functional groups attached to an aromatic ring is 1. The Balaban J connectivity index is 2.32. The van der Waals surface area contributed by atoms with Gasteiger partial charge in [-0.25, -0.2) is 0 Å². The van der Waals surface area contributed by atoms with E-state index < -0.39 is 0 Å².